The van der Waals surface area contributed by atoms with E-state index in [1.54, 1.807) is 6.07 Å². The number of rotatable bonds is 7. The van der Waals surface area contributed by atoms with Gasteiger partial charge >= 0.3 is 0 Å². The van der Waals surface area contributed by atoms with E-state index in [2.05, 4.69) is 50.5 Å². The first kappa shape index (κ1) is 20.9. The van der Waals surface area contributed by atoms with Gasteiger partial charge in [0.1, 0.15) is 0 Å². The zero-order valence-corrected chi connectivity index (χ0v) is 16.9. The van der Waals surface area contributed by atoms with Gasteiger partial charge in [0.2, 0.25) is 17.8 Å². The fourth-order valence-corrected chi connectivity index (χ4v) is 2.94. The van der Waals surface area contributed by atoms with Crippen molar-refractivity contribution < 1.29 is 0 Å². The molecule has 0 aliphatic carbocycles. The summed E-state index contributed by atoms with van der Waals surface area (Å²) in [5.74, 6) is -0.443. The van der Waals surface area contributed by atoms with Crippen molar-refractivity contribution in [3.05, 3.63) is 99.7 Å². The van der Waals surface area contributed by atoms with Crippen LogP contribution in [0.5, 0.6) is 0 Å². The lowest BCUT2D eigenvalue weighted by Gasteiger charge is -2.13. The van der Waals surface area contributed by atoms with E-state index in [1.807, 2.05) is 72.8 Å². The predicted octanol–water partition coefficient (Wildman–Crippen LogP) is 7.58. The maximum Gasteiger partial charge on any atom is 0.231 e. The summed E-state index contributed by atoms with van der Waals surface area (Å²) < 4.78 is 0. The average molecular weight is 434 g/mol. The molecule has 0 radical (unpaired) electrons. The van der Waals surface area contributed by atoms with Crippen LogP contribution in [0.1, 0.15) is 0 Å². The Bertz CT molecular complexity index is 1350. The van der Waals surface area contributed by atoms with E-state index in [0.29, 0.717) is 17.1 Å². The van der Waals surface area contributed by atoms with Gasteiger partial charge in [-0.2, -0.15) is 15.1 Å². The van der Waals surface area contributed by atoms with Crippen LogP contribution in [0.15, 0.2) is 99.3 Å². The van der Waals surface area contributed by atoms with Crippen molar-refractivity contribution in [3.8, 4) is 11.1 Å². The van der Waals surface area contributed by atoms with Crippen molar-refractivity contribution in [2.24, 2.45) is 20.5 Å². The Kier molecular flexibility index (Phi) is 6.43. The van der Waals surface area contributed by atoms with Crippen LogP contribution < -0.4 is 5.32 Å². The summed E-state index contributed by atoms with van der Waals surface area (Å²) in [4.78, 5) is 17.3. The number of azo groups is 1. The van der Waals surface area contributed by atoms with Crippen LogP contribution in [-0.2, 0) is 0 Å². The molecule has 0 atom stereocenters. The van der Waals surface area contributed by atoms with Crippen molar-refractivity contribution in [2.75, 3.05) is 5.32 Å². The van der Waals surface area contributed by atoms with Crippen LogP contribution in [-0.4, -0.2) is 15.0 Å². The van der Waals surface area contributed by atoms with Gasteiger partial charge in [0.25, 0.3) is 0 Å². The highest BCUT2D eigenvalue weighted by Crippen LogP contribution is 2.38. The van der Waals surface area contributed by atoms with E-state index in [9.17, 15) is 0 Å². The van der Waals surface area contributed by atoms with Gasteiger partial charge in [0.05, 0.1) is 17.1 Å². The van der Waals surface area contributed by atoms with Gasteiger partial charge in [0, 0.05) is 15.4 Å². The molecule has 0 amide bonds. The molecule has 0 spiro atoms. The molecule has 0 unspecified atom stereocenters. The van der Waals surface area contributed by atoms with E-state index in [1.165, 1.54) is 0 Å². The molecule has 1 heterocycles. The third-order valence-electron chi connectivity index (χ3n) is 4.26. The minimum atomic E-state index is -0.237. The van der Waals surface area contributed by atoms with Gasteiger partial charge in [-0.05, 0) is 51.1 Å². The first-order valence-electron chi connectivity index (χ1n) is 9.55. The Morgan fingerprint density at radius 2 is 1.30 bits per heavy atom. The van der Waals surface area contributed by atoms with Gasteiger partial charge in [-0.3, -0.25) is 0 Å². The zero-order chi connectivity index (χ0) is 22.9. The standard InChI is InChI=1S/C21H14N12/c22-32-30-20-25-19(26-21(27-20)31-33-23)24-16-12-7-13-17(18(16)14-8-3-1-4-9-14)29-28-15-10-5-2-6-11-15/h1-13H,(H,24,25,26,27). The lowest BCUT2D eigenvalue weighted by molar-refractivity contribution is 1.02. The van der Waals surface area contributed by atoms with Gasteiger partial charge in [-0.25, -0.2) is 4.98 Å². The molecule has 1 aromatic heterocycles. The van der Waals surface area contributed by atoms with Crippen molar-refractivity contribution in [1.82, 2.24) is 15.0 Å². The van der Waals surface area contributed by atoms with Crippen molar-refractivity contribution >= 4 is 34.9 Å². The summed E-state index contributed by atoms with van der Waals surface area (Å²) in [6.07, 6.45) is 0. The van der Waals surface area contributed by atoms with Crippen LogP contribution in [0.4, 0.5) is 34.9 Å². The Morgan fingerprint density at radius 3 is 1.94 bits per heavy atom. The molecular weight excluding hydrogens is 420 g/mol. The van der Waals surface area contributed by atoms with E-state index in [4.69, 9.17) is 11.1 Å². The molecule has 12 heteroatoms. The molecule has 3 aromatic carbocycles. The molecule has 0 saturated carbocycles. The van der Waals surface area contributed by atoms with E-state index >= 15 is 0 Å². The summed E-state index contributed by atoms with van der Waals surface area (Å²) in [5, 5.41) is 18.6. The number of aromatic nitrogens is 3. The Labute approximate surface area is 187 Å². The van der Waals surface area contributed by atoms with Crippen LogP contribution >= 0.6 is 0 Å². The van der Waals surface area contributed by atoms with Crippen LogP contribution in [0.25, 0.3) is 32.0 Å². The highest BCUT2D eigenvalue weighted by atomic mass is 15.3. The number of nitrogens with one attached hydrogen (secondary N) is 1. The van der Waals surface area contributed by atoms with Crippen molar-refractivity contribution in [2.45, 2.75) is 0 Å². The highest BCUT2D eigenvalue weighted by Gasteiger charge is 2.13. The van der Waals surface area contributed by atoms with Gasteiger partial charge < -0.3 is 5.32 Å². The molecule has 4 rings (SSSR count). The van der Waals surface area contributed by atoms with E-state index < -0.39 is 0 Å². The minimum absolute atomic E-state index is 0.0316. The topological polar surface area (TPSA) is 173 Å². The van der Waals surface area contributed by atoms with Crippen molar-refractivity contribution in [3.63, 3.8) is 0 Å². The van der Waals surface area contributed by atoms with E-state index in [0.717, 1.165) is 11.1 Å². The van der Waals surface area contributed by atoms with Crippen molar-refractivity contribution in [1.29, 1.82) is 0 Å². The summed E-state index contributed by atoms with van der Waals surface area (Å²) in [6.45, 7) is 0. The van der Waals surface area contributed by atoms with Crippen LogP contribution in [0.3, 0.4) is 0 Å². The third kappa shape index (κ3) is 5.25. The molecule has 0 aliphatic rings. The van der Waals surface area contributed by atoms with Crippen LogP contribution in [0.2, 0.25) is 0 Å². The predicted molar refractivity (Wildman–Crippen MR) is 123 cm³/mol. The molecular formula is C21H14N12. The number of hydrogen-bond donors (Lipinski definition) is 1. The molecule has 0 fully saturated rings. The molecule has 0 aliphatic heterocycles. The molecule has 1 N–H and O–H groups in total. The fourth-order valence-electron chi connectivity index (χ4n) is 2.94. The first-order chi connectivity index (χ1) is 16.3. The SMILES string of the molecule is [N-]=[N+]=Nc1nc(N=[N+]=[N-])nc(Nc2cccc(N=Nc3ccccc3)c2-c2ccccc2)n1. The normalized spacial score (nSPS) is 10.3. The largest absolute Gasteiger partial charge is 0.323 e. The summed E-state index contributed by atoms with van der Waals surface area (Å²) >= 11 is 0. The summed E-state index contributed by atoms with van der Waals surface area (Å²) in [5.41, 5.74) is 21.0. The monoisotopic (exact) mass is 434 g/mol. The van der Waals surface area contributed by atoms with Gasteiger partial charge in [-0.15, -0.1) is 5.11 Å². The maximum atomic E-state index is 8.71. The zero-order valence-electron chi connectivity index (χ0n) is 16.9. The summed E-state index contributed by atoms with van der Waals surface area (Å²) in [7, 11) is 0. The second-order valence-electron chi connectivity index (χ2n) is 6.36. The quantitative estimate of drug-likeness (QED) is 0.179. The number of hydrogen-bond acceptors (Lipinski definition) is 8. The average Bonchev–Trinajstić information content (AvgIpc) is 2.84. The highest BCUT2D eigenvalue weighted by molar-refractivity contribution is 5.88. The number of benzene rings is 3. The molecule has 0 saturated heterocycles. The lowest BCUT2D eigenvalue weighted by Crippen LogP contribution is -2.00. The second-order valence-corrected chi connectivity index (χ2v) is 6.36. The lowest BCUT2D eigenvalue weighted by atomic mass is 10.0. The number of nitrogens with zero attached hydrogens (tertiary/aromatic N) is 11. The van der Waals surface area contributed by atoms with Gasteiger partial charge in [0.15, 0.2) is 0 Å². The molecule has 33 heavy (non-hydrogen) atoms. The number of anilines is 2. The summed E-state index contributed by atoms with van der Waals surface area (Å²) in [6, 6.07) is 24.4. The molecule has 4 aromatic rings. The third-order valence-corrected chi connectivity index (χ3v) is 4.26. The molecule has 12 nitrogen and oxygen atoms in total. The Hall–Kier alpha value is -5.31. The first-order valence-corrected chi connectivity index (χ1v) is 9.55. The maximum absolute atomic E-state index is 8.71. The Morgan fingerprint density at radius 1 is 0.667 bits per heavy atom. The minimum Gasteiger partial charge on any atom is -0.323 e. The Balaban J connectivity index is 1.81. The van der Waals surface area contributed by atoms with Gasteiger partial charge in [-0.1, -0.05) is 54.6 Å². The van der Waals surface area contributed by atoms with Crippen LogP contribution in [0, 0.1) is 0 Å². The molecule has 158 valence electrons. The smallest absolute Gasteiger partial charge is 0.231 e. The fraction of sp³-hybridized carbons (Fsp3) is 0. The van der Waals surface area contributed by atoms with E-state index in [-0.39, 0.29) is 17.8 Å². The second kappa shape index (κ2) is 10.1. The number of azide groups is 2. The molecule has 0 bridgehead atoms.